The molecule has 0 atom stereocenters. The SMILES string of the molecule is C1CCCC(N2CCCCCCN2)CCC1.c1c[nH]cn1. The quantitative estimate of drug-likeness (QED) is 0.825. The molecule has 1 aliphatic heterocycles. The summed E-state index contributed by atoms with van der Waals surface area (Å²) >= 11 is 0. The van der Waals surface area contributed by atoms with Crippen LogP contribution in [0.5, 0.6) is 0 Å². The molecule has 0 aromatic carbocycles. The molecule has 0 unspecified atom stereocenters. The summed E-state index contributed by atoms with van der Waals surface area (Å²) in [7, 11) is 0. The van der Waals surface area contributed by atoms with Gasteiger partial charge in [0.2, 0.25) is 0 Å². The number of nitrogens with one attached hydrogen (secondary N) is 2. The molecule has 1 aromatic rings. The van der Waals surface area contributed by atoms with Gasteiger partial charge >= 0.3 is 0 Å². The van der Waals surface area contributed by atoms with Gasteiger partial charge in [-0.25, -0.2) is 9.99 Å². The Labute approximate surface area is 129 Å². The Morgan fingerprint density at radius 3 is 2.24 bits per heavy atom. The van der Waals surface area contributed by atoms with E-state index in [1.165, 1.54) is 83.7 Å². The van der Waals surface area contributed by atoms with E-state index in [1.54, 1.807) is 18.7 Å². The predicted octanol–water partition coefficient (Wildman–Crippen LogP) is 3.89. The standard InChI is InChI=1S/C14H28N2.C3H4N2/c1-2-6-10-14(11-7-3-1)16-13-9-5-4-8-12-15-16;1-2-5-3-4-1/h14-15H,1-13H2;1-3H,(H,4,5). The summed E-state index contributed by atoms with van der Waals surface area (Å²) in [6.45, 7) is 2.49. The third kappa shape index (κ3) is 7.09. The van der Waals surface area contributed by atoms with Gasteiger partial charge in [0, 0.05) is 31.5 Å². The smallest absolute Gasteiger partial charge is 0.0919 e. The molecule has 1 saturated heterocycles. The van der Waals surface area contributed by atoms with Crippen molar-refractivity contribution in [2.45, 2.75) is 76.7 Å². The Kier molecular flexibility index (Phi) is 8.48. The van der Waals surface area contributed by atoms with E-state index in [0.717, 1.165) is 6.04 Å². The largest absolute Gasteiger partial charge is 0.351 e. The summed E-state index contributed by atoms with van der Waals surface area (Å²) in [4.78, 5) is 6.42. The molecule has 0 bridgehead atoms. The van der Waals surface area contributed by atoms with Crippen LogP contribution in [0.3, 0.4) is 0 Å². The summed E-state index contributed by atoms with van der Waals surface area (Å²) in [5, 5.41) is 2.59. The van der Waals surface area contributed by atoms with Crippen LogP contribution in [0.4, 0.5) is 0 Å². The fraction of sp³-hybridized carbons (Fsp3) is 0.824. The number of aromatic nitrogens is 2. The molecule has 1 saturated carbocycles. The van der Waals surface area contributed by atoms with Crippen LogP contribution in [0.2, 0.25) is 0 Å². The second kappa shape index (κ2) is 10.8. The van der Waals surface area contributed by atoms with Crippen LogP contribution < -0.4 is 5.43 Å². The number of H-pyrrole nitrogens is 1. The molecule has 4 nitrogen and oxygen atoms in total. The first kappa shape index (κ1) is 16.5. The van der Waals surface area contributed by atoms with E-state index in [9.17, 15) is 0 Å². The van der Waals surface area contributed by atoms with Gasteiger partial charge in [-0.3, -0.25) is 5.43 Å². The summed E-state index contributed by atoms with van der Waals surface area (Å²) in [6.07, 6.45) is 20.8. The van der Waals surface area contributed by atoms with Gasteiger partial charge < -0.3 is 4.98 Å². The number of hydrogen-bond acceptors (Lipinski definition) is 3. The first-order valence-corrected chi connectivity index (χ1v) is 8.90. The lowest BCUT2D eigenvalue weighted by molar-refractivity contribution is 0.0927. The number of hydrogen-bond donors (Lipinski definition) is 2. The minimum atomic E-state index is 0.832. The Balaban J connectivity index is 0.000000272. The van der Waals surface area contributed by atoms with Gasteiger partial charge in [-0.2, -0.15) is 0 Å². The van der Waals surface area contributed by atoms with E-state index in [0.29, 0.717) is 0 Å². The normalized spacial score (nSPS) is 23.0. The van der Waals surface area contributed by atoms with Crippen LogP contribution in [-0.2, 0) is 0 Å². The topological polar surface area (TPSA) is 44.0 Å². The highest BCUT2D eigenvalue weighted by Crippen LogP contribution is 2.21. The Morgan fingerprint density at radius 1 is 0.857 bits per heavy atom. The van der Waals surface area contributed by atoms with Gasteiger partial charge in [0.1, 0.15) is 0 Å². The third-order valence-electron chi connectivity index (χ3n) is 4.56. The molecule has 3 rings (SSSR count). The Morgan fingerprint density at radius 2 is 1.57 bits per heavy atom. The molecule has 0 amide bonds. The first-order valence-electron chi connectivity index (χ1n) is 8.90. The van der Waals surface area contributed by atoms with Crippen molar-refractivity contribution in [1.29, 1.82) is 0 Å². The van der Waals surface area contributed by atoms with Gasteiger partial charge in [-0.05, 0) is 25.7 Å². The minimum Gasteiger partial charge on any atom is -0.351 e. The van der Waals surface area contributed by atoms with E-state index in [1.807, 2.05) is 0 Å². The van der Waals surface area contributed by atoms with Gasteiger partial charge in [0.05, 0.1) is 6.33 Å². The molecule has 2 aliphatic rings. The van der Waals surface area contributed by atoms with Gasteiger partial charge in [-0.15, -0.1) is 0 Å². The fourth-order valence-corrected chi connectivity index (χ4v) is 3.34. The molecule has 2 fully saturated rings. The maximum Gasteiger partial charge on any atom is 0.0919 e. The van der Waals surface area contributed by atoms with Crippen molar-refractivity contribution in [2.24, 2.45) is 0 Å². The van der Waals surface area contributed by atoms with E-state index in [2.05, 4.69) is 20.4 Å². The van der Waals surface area contributed by atoms with Crippen LogP contribution in [0.15, 0.2) is 18.7 Å². The van der Waals surface area contributed by atoms with Crippen LogP contribution in [0.1, 0.15) is 70.6 Å². The van der Waals surface area contributed by atoms with E-state index < -0.39 is 0 Å². The van der Waals surface area contributed by atoms with Crippen LogP contribution in [-0.4, -0.2) is 34.1 Å². The average molecular weight is 292 g/mol. The molecule has 1 aromatic heterocycles. The highest BCUT2D eigenvalue weighted by atomic mass is 15.5. The molecule has 4 heteroatoms. The molecule has 2 N–H and O–H groups in total. The predicted molar refractivity (Wildman–Crippen MR) is 87.9 cm³/mol. The monoisotopic (exact) mass is 292 g/mol. The Bertz CT molecular complexity index is 272. The maximum atomic E-state index is 3.67. The molecule has 0 radical (unpaired) electrons. The lowest BCUT2D eigenvalue weighted by atomic mass is 9.96. The van der Waals surface area contributed by atoms with Crippen molar-refractivity contribution in [3.05, 3.63) is 18.7 Å². The van der Waals surface area contributed by atoms with Gasteiger partial charge in [0.15, 0.2) is 0 Å². The van der Waals surface area contributed by atoms with Crippen molar-refractivity contribution in [3.63, 3.8) is 0 Å². The number of rotatable bonds is 1. The van der Waals surface area contributed by atoms with Crippen LogP contribution in [0.25, 0.3) is 0 Å². The molecule has 0 spiro atoms. The third-order valence-corrected chi connectivity index (χ3v) is 4.56. The Hall–Kier alpha value is -0.870. The van der Waals surface area contributed by atoms with Crippen LogP contribution in [0, 0.1) is 0 Å². The molecule has 2 heterocycles. The fourth-order valence-electron chi connectivity index (χ4n) is 3.34. The first-order chi connectivity index (χ1) is 10.5. The van der Waals surface area contributed by atoms with Crippen molar-refractivity contribution in [3.8, 4) is 0 Å². The van der Waals surface area contributed by atoms with Crippen molar-refractivity contribution < 1.29 is 0 Å². The van der Waals surface area contributed by atoms with E-state index in [4.69, 9.17) is 0 Å². The lowest BCUT2D eigenvalue weighted by Gasteiger charge is -2.34. The second-order valence-electron chi connectivity index (χ2n) is 6.28. The zero-order valence-electron chi connectivity index (χ0n) is 13.4. The highest BCUT2D eigenvalue weighted by molar-refractivity contribution is 4.73. The number of imidazole rings is 1. The van der Waals surface area contributed by atoms with Gasteiger partial charge in [-0.1, -0.05) is 44.9 Å². The summed E-state index contributed by atoms with van der Waals surface area (Å²) in [5.74, 6) is 0. The number of nitrogens with zero attached hydrogens (tertiary/aromatic N) is 2. The average Bonchev–Trinajstić information content (AvgIpc) is 2.98. The number of aromatic amines is 1. The molecular formula is C17H32N4. The van der Waals surface area contributed by atoms with E-state index in [-0.39, 0.29) is 0 Å². The van der Waals surface area contributed by atoms with Crippen molar-refractivity contribution >= 4 is 0 Å². The summed E-state index contributed by atoms with van der Waals surface area (Å²) < 4.78 is 0. The number of hydrazine groups is 1. The molecule has 1 aliphatic carbocycles. The molecule has 120 valence electrons. The van der Waals surface area contributed by atoms with Crippen molar-refractivity contribution in [1.82, 2.24) is 20.4 Å². The van der Waals surface area contributed by atoms with Crippen LogP contribution >= 0.6 is 0 Å². The summed E-state index contributed by atoms with van der Waals surface area (Å²) in [5.41, 5.74) is 3.67. The zero-order valence-corrected chi connectivity index (χ0v) is 13.4. The van der Waals surface area contributed by atoms with E-state index >= 15 is 0 Å². The molecular weight excluding hydrogens is 260 g/mol. The highest BCUT2D eigenvalue weighted by Gasteiger charge is 2.19. The minimum absolute atomic E-state index is 0.832. The lowest BCUT2D eigenvalue weighted by Crippen LogP contribution is -2.47. The maximum absolute atomic E-state index is 3.67. The van der Waals surface area contributed by atoms with Gasteiger partial charge in [0.25, 0.3) is 0 Å². The molecule has 21 heavy (non-hydrogen) atoms. The summed E-state index contributed by atoms with van der Waals surface area (Å²) in [6, 6.07) is 0.832. The zero-order chi connectivity index (χ0) is 14.6. The van der Waals surface area contributed by atoms with Crippen molar-refractivity contribution in [2.75, 3.05) is 13.1 Å². The second-order valence-corrected chi connectivity index (χ2v) is 6.28.